The quantitative estimate of drug-likeness (QED) is 0.207. The molecule has 1 aromatic rings. The first kappa shape index (κ1) is 21.6. The van der Waals surface area contributed by atoms with Crippen molar-refractivity contribution in [3.05, 3.63) is 33.7 Å². The lowest BCUT2D eigenvalue weighted by Crippen LogP contribution is -2.72. The number of carbonyl (C=O) groups excluding carboxylic acids is 5. The van der Waals surface area contributed by atoms with Gasteiger partial charge in [0.25, 0.3) is 0 Å². The maximum atomic E-state index is 13.4. The first-order valence-electron chi connectivity index (χ1n) is 9.74. The van der Waals surface area contributed by atoms with Gasteiger partial charge in [0.05, 0.1) is 23.3 Å². The van der Waals surface area contributed by atoms with Gasteiger partial charge in [0, 0.05) is 23.2 Å². The Hall–Kier alpha value is -3.60. The van der Waals surface area contributed by atoms with E-state index in [0.717, 1.165) is 0 Å². The fourth-order valence-electron chi connectivity index (χ4n) is 5.47. The molecule has 0 spiro atoms. The zero-order valence-electron chi connectivity index (χ0n) is 16.6. The molecule has 2 fully saturated rings. The molecule has 0 heterocycles. The van der Waals surface area contributed by atoms with Gasteiger partial charge < -0.3 is 21.1 Å². The highest BCUT2D eigenvalue weighted by Gasteiger charge is 2.69. The monoisotopic (exact) mass is 442 g/mol. The number of aliphatic hydroxyl groups excluding tert-OH is 1. The van der Waals surface area contributed by atoms with Crippen molar-refractivity contribution < 1.29 is 39.3 Å². The minimum Gasteiger partial charge on any atom is -0.507 e. The van der Waals surface area contributed by atoms with E-state index < -0.39 is 82.5 Å². The normalized spacial score (nSPS) is 36.0. The van der Waals surface area contributed by atoms with Crippen LogP contribution in [0.5, 0.6) is 5.75 Å². The fraction of sp³-hybridized carbons (Fsp3) is 0.450. The predicted octanol–water partition coefficient (Wildman–Crippen LogP) is -0.200. The number of ketones is 4. The molecule has 1 aromatic carbocycles. The third-order valence-electron chi connectivity index (χ3n) is 6.99. The molecule has 3 aliphatic rings. The first-order valence-corrected chi connectivity index (χ1v) is 9.74. The van der Waals surface area contributed by atoms with Crippen molar-refractivity contribution in [2.24, 2.45) is 34.5 Å². The van der Waals surface area contributed by atoms with E-state index in [9.17, 15) is 39.3 Å². The highest BCUT2D eigenvalue weighted by molar-refractivity contribution is 6.31. The van der Waals surface area contributed by atoms with Gasteiger partial charge in [-0.2, -0.15) is 0 Å². The van der Waals surface area contributed by atoms with Crippen LogP contribution in [-0.2, 0) is 19.2 Å². The van der Waals surface area contributed by atoms with Gasteiger partial charge in [-0.3, -0.25) is 24.0 Å². The van der Waals surface area contributed by atoms with Gasteiger partial charge >= 0.3 is 0 Å². The Balaban J connectivity index is 1.91. The number of phenolic OH excluding ortho intramolecular Hbond substituents is 1. The molecule has 166 valence electrons. The molecular weight excluding hydrogens is 424 g/mol. The second kappa shape index (κ2) is 6.95. The average molecular weight is 442 g/mol. The average Bonchev–Trinajstić information content (AvgIpc) is 2.72. The number of primary amides is 1. The number of amides is 1. The minimum atomic E-state index is -2.97. The molecule has 1 amide bonds. The number of aliphatic hydroxyl groups is 2. The standard InChI is InChI=1S/C20H18N4O8/c1-5-6-2-3-8(23-24-22)15(27)11(6)16(28)13-10(5)14(26)7-4-9(25)12(19(21)31)17(29)20(7,32)18(13)30/h2-3,5,7,10,12-14,26-27,32H,4H2,1H3,(H2,21,31)/t5-,7-,10-,12?,13?,14+,20-/m1/s1. The van der Waals surface area contributed by atoms with Crippen molar-refractivity contribution in [3.63, 3.8) is 0 Å². The smallest absolute Gasteiger partial charge is 0.235 e. The van der Waals surface area contributed by atoms with Crippen LogP contribution in [0, 0.1) is 23.7 Å². The summed E-state index contributed by atoms with van der Waals surface area (Å²) in [5.74, 6) is -13.9. The van der Waals surface area contributed by atoms with Crippen molar-refractivity contribution >= 4 is 34.7 Å². The molecule has 4 rings (SSSR count). The van der Waals surface area contributed by atoms with Gasteiger partial charge in [0.15, 0.2) is 34.7 Å². The second-order valence-electron chi connectivity index (χ2n) is 8.39. The molecule has 0 aliphatic heterocycles. The van der Waals surface area contributed by atoms with E-state index in [1.54, 1.807) is 6.92 Å². The summed E-state index contributed by atoms with van der Waals surface area (Å²) in [6.07, 6.45) is -2.28. The maximum absolute atomic E-state index is 13.4. The van der Waals surface area contributed by atoms with Crippen LogP contribution in [0.3, 0.4) is 0 Å². The number of phenols is 1. The maximum Gasteiger partial charge on any atom is 0.235 e. The Kier molecular flexibility index (Phi) is 4.70. The Morgan fingerprint density at radius 1 is 1.25 bits per heavy atom. The van der Waals surface area contributed by atoms with E-state index in [2.05, 4.69) is 10.0 Å². The molecule has 0 radical (unpaired) electrons. The van der Waals surface area contributed by atoms with Crippen LogP contribution in [0.1, 0.15) is 35.2 Å². The number of hydrogen-bond donors (Lipinski definition) is 4. The van der Waals surface area contributed by atoms with E-state index in [4.69, 9.17) is 11.3 Å². The molecule has 7 atom stereocenters. The number of carbonyl (C=O) groups is 5. The lowest BCUT2D eigenvalue weighted by Gasteiger charge is -2.52. The molecule has 32 heavy (non-hydrogen) atoms. The van der Waals surface area contributed by atoms with E-state index in [0.29, 0.717) is 0 Å². The van der Waals surface area contributed by atoms with Crippen molar-refractivity contribution in [1.29, 1.82) is 0 Å². The number of fused-ring (bicyclic) bond motifs is 3. The van der Waals surface area contributed by atoms with Crippen LogP contribution < -0.4 is 5.73 Å². The summed E-state index contributed by atoms with van der Waals surface area (Å²) in [6, 6.07) is 2.69. The van der Waals surface area contributed by atoms with Crippen LogP contribution in [0.25, 0.3) is 10.4 Å². The van der Waals surface area contributed by atoms with Gasteiger partial charge in [0.2, 0.25) is 5.91 Å². The Labute approximate surface area is 179 Å². The number of azide groups is 1. The molecule has 3 aliphatic carbocycles. The minimum absolute atomic E-state index is 0.265. The Morgan fingerprint density at radius 2 is 1.91 bits per heavy atom. The van der Waals surface area contributed by atoms with Gasteiger partial charge in [-0.1, -0.05) is 18.1 Å². The third-order valence-corrected chi connectivity index (χ3v) is 6.99. The SMILES string of the molecule is C[C@@H]1c2ccc(N=[N+]=[N-])c(O)c2C(=O)C2C(=O)[C@]3(O)C(=O)C(C(N)=O)C(=O)C[C@@H]3[C@H](O)[C@@H]21. The largest absolute Gasteiger partial charge is 0.507 e. The lowest BCUT2D eigenvalue weighted by atomic mass is 9.50. The predicted molar refractivity (Wildman–Crippen MR) is 103 cm³/mol. The molecule has 12 heteroatoms. The number of nitrogens with zero attached hydrogens (tertiary/aromatic N) is 3. The zero-order valence-corrected chi connectivity index (χ0v) is 16.6. The van der Waals surface area contributed by atoms with Crippen molar-refractivity contribution in [2.45, 2.75) is 31.0 Å². The summed E-state index contributed by atoms with van der Waals surface area (Å²) in [4.78, 5) is 66.2. The first-order chi connectivity index (χ1) is 15.0. The number of benzene rings is 1. The number of nitrogens with two attached hydrogens (primary N) is 1. The van der Waals surface area contributed by atoms with Crippen LogP contribution in [-0.4, -0.2) is 56.1 Å². The molecular formula is C20H18N4O8. The topological polar surface area (TPSA) is 221 Å². The fourth-order valence-corrected chi connectivity index (χ4v) is 5.47. The number of Topliss-reactive ketones (excluding diaryl/α,β-unsaturated/α-hetero) is 4. The molecule has 5 N–H and O–H groups in total. The lowest BCUT2D eigenvalue weighted by molar-refractivity contribution is -0.189. The van der Waals surface area contributed by atoms with E-state index >= 15 is 0 Å². The second-order valence-corrected chi connectivity index (χ2v) is 8.39. The molecule has 12 nitrogen and oxygen atoms in total. The van der Waals surface area contributed by atoms with Crippen LogP contribution in [0.4, 0.5) is 5.69 Å². The summed E-state index contributed by atoms with van der Waals surface area (Å²) < 4.78 is 0. The van der Waals surface area contributed by atoms with E-state index in [1.165, 1.54) is 12.1 Å². The van der Waals surface area contributed by atoms with Crippen molar-refractivity contribution in [2.75, 3.05) is 0 Å². The van der Waals surface area contributed by atoms with Crippen molar-refractivity contribution in [3.8, 4) is 5.75 Å². The van der Waals surface area contributed by atoms with E-state index in [-0.39, 0.29) is 16.8 Å². The Morgan fingerprint density at radius 3 is 2.50 bits per heavy atom. The van der Waals surface area contributed by atoms with Crippen LogP contribution in [0.15, 0.2) is 17.2 Å². The summed E-state index contributed by atoms with van der Waals surface area (Å²) in [6.45, 7) is 1.58. The summed E-state index contributed by atoms with van der Waals surface area (Å²) >= 11 is 0. The summed E-state index contributed by atoms with van der Waals surface area (Å²) in [7, 11) is 0. The van der Waals surface area contributed by atoms with Gasteiger partial charge in [-0.15, -0.1) is 0 Å². The Bertz CT molecular complexity index is 1170. The van der Waals surface area contributed by atoms with Gasteiger partial charge in [-0.05, 0) is 23.1 Å². The van der Waals surface area contributed by atoms with Crippen LogP contribution >= 0.6 is 0 Å². The highest BCUT2D eigenvalue weighted by atomic mass is 16.3. The van der Waals surface area contributed by atoms with Gasteiger partial charge in [0.1, 0.15) is 5.75 Å². The molecule has 0 bridgehead atoms. The molecule has 2 saturated carbocycles. The van der Waals surface area contributed by atoms with E-state index in [1.807, 2.05) is 0 Å². The zero-order chi connectivity index (χ0) is 23.7. The van der Waals surface area contributed by atoms with Crippen LogP contribution in [0.2, 0.25) is 0 Å². The van der Waals surface area contributed by atoms with Gasteiger partial charge in [-0.25, -0.2) is 0 Å². The third kappa shape index (κ3) is 2.51. The molecule has 2 unspecified atom stereocenters. The highest BCUT2D eigenvalue weighted by Crippen LogP contribution is 2.54. The number of hydrogen-bond acceptors (Lipinski definition) is 9. The molecule has 0 saturated heterocycles. The number of rotatable bonds is 2. The summed E-state index contributed by atoms with van der Waals surface area (Å²) in [5.41, 5.74) is 10.5. The number of aromatic hydroxyl groups is 1. The van der Waals surface area contributed by atoms with Crippen molar-refractivity contribution in [1.82, 2.24) is 0 Å². The molecule has 0 aromatic heterocycles. The summed E-state index contributed by atoms with van der Waals surface area (Å²) in [5, 5.41) is 36.0.